The lowest BCUT2D eigenvalue weighted by Crippen LogP contribution is -2.46. The van der Waals surface area contributed by atoms with Gasteiger partial charge in [0.2, 0.25) is 5.91 Å². The lowest BCUT2D eigenvalue weighted by molar-refractivity contribution is -0.123. The molecule has 0 aliphatic heterocycles. The van der Waals surface area contributed by atoms with Crippen LogP contribution in [-0.4, -0.2) is 26.7 Å². The summed E-state index contributed by atoms with van der Waals surface area (Å²) in [5.74, 6) is 0.702. The van der Waals surface area contributed by atoms with Gasteiger partial charge >= 0.3 is 0 Å². The predicted octanol–water partition coefficient (Wildman–Crippen LogP) is 2.39. The third-order valence-electron chi connectivity index (χ3n) is 4.26. The SMILES string of the molecule is CC(C)(C)[C@@H]1CCCC[C@@H]1NC(=O)CCn1cncn1. The van der Waals surface area contributed by atoms with Gasteiger partial charge in [-0.1, -0.05) is 33.6 Å². The number of aromatic nitrogens is 3. The fourth-order valence-corrected chi connectivity index (χ4v) is 3.18. The highest BCUT2D eigenvalue weighted by Crippen LogP contribution is 2.37. The van der Waals surface area contributed by atoms with E-state index in [1.165, 1.54) is 25.6 Å². The van der Waals surface area contributed by atoms with Crippen molar-refractivity contribution in [2.24, 2.45) is 11.3 Å². The maximum atomic E-state index is 12.1. The molecule has 1 aliphatic carbocycles. The quantitative estimate of drug-likeness (QED) is 0.920. The Hall–Kier alpha value is -1.39. The molecule has 20 heavy (non-hydrogen) atoms. The summed E-state index contributed by atoms with van der Waals surface area (Å²) >= 11 is 0. The van der Waals surface area contributed by atoms with Gasteiger partial charge in [0, 0.05) is 12.5 Å². The first-order chi connectivity index (χ1) is 9.47. The van der Waals surface area contributed by atoms with Gasteiger partial charge in [0.25, 0.3) is 0 Å². The van der Waals surface area contributed by atoms with Crippen LogP contribution in [-0.2, 0) is 11.3 Å². The van der Waals surface area contributed by atoms with Crippen LogP contribution in [0.15, 0.2) is 12.7 Å². The van der Waals surface area contributed by atoms with E-state index in [-0.39, 0.29) is 11.3 Å². The van der Waals surface area contributed by atoms with Crippen molar-refractivity contribution < 1.29 is 4.79 Å². The zero-order valence-electron chi connectivity index (χ0n) is 12.8. The summed E-state index contributed by atoms with van der Waals surface area (Å²) in [4.78, 5) is 16.0. The Morgan fingerprint density at radius 3 is 2.75 bits per heavy atom. The number of carbonyl (C=O) groups is 1. The van der Waals surface area contributed by atoms with Crippen molar-refractivity contribution >= 4 is 5.91 Å². The summed E-state index contributed by atoms with van der Waals surface area (Å²) in [6, 6.07) is 0.326. The van der Waals surface area contributed by atoms with Crippen molar-refractivity contribution in [2.45, 2.75) is 65.5 Å². The second kappa shape index (κ2) is 6.37. The van der Waals surface area contributed by atoms with E-state index in [4.69, 9.17) is 0 Å². The van der Waals surface area contributed by atoms with Crippen LogP contribution >= 0.6 is 0 Å². The Morgan fingerprint density at radius 1 is 1.35 bits per heavy atom. The van der Waals surface area contributed by atoms with Gasteiger partial charge < -0.3 is 5.32 Å². The molecular formula is C15H26N4O. The van der Waals surface area contributed by atoms with Crippen LogP contribution < -0.4 is 5.32 Å². The van der Waals surface area contributed by atoms with Gasteiger partial charge in [-0.2, -0.15) is 5.10 Å². The molecule has 1 fully saturated rings. The van der Waals surface area contributed by atoms with Crippen LogP contribution in [0.3, 0.4) is 0 Å². The molecule has 0 saturated heterocycles. The highest BCUT2D eigenvalue weighted by Gasteiger charge is 2.34. The molecule has 0 radical (unpaired) electrons. The van der Waals surface area contributed by atoms with E-state index >= 15 is 0 Å². The molecule has 5 heteroatoms. The van der Waals surface area contributed by atoms with Gasteiger partial charge in [0.15, 0.2) is 0 Å². The van der Waals surface area contributed by atoms with Crippen molar-refractivity contribution in [2.75, 3.05) is 0 Å². The normalized spacial score (nSPS) is 23.6. The molecule has 0 spiro atoms. The summed E-state index contributed by atoms with van der Waals surface area (Å²) in [6.45, 7) is 7.42. The lowest BCUT2D eigenvalue weighted by Gasteiger charge is -2.40. The van der Waals surface area contributed by atoms with Gasteiger partial charge in [-0.3, -0.25) is 9.48 Å². The molecule has 1 aromatic rings. The van der Waals surface area contributed by atoms with E-state index < -0.39 is 0 Å². The van der Waals surface area contributed by atoms with Gasteiger partial charge in [0.1, 0.15) is 12.7 Å². The third-order valence-corrected chi connectivity index (χ3v) is 4.26. The number of nitrogens with zero attached hydrogens (tertiary/aromatic N) is 3. The van der Waals surface area contributed by atoms with Crippen LogP contribution in [0.2, 0.25) is 0 Å². The van der Waals surface area contributed by atoms with E-state index in [9.17, 15) is 4.79 Å². The Bertz CT molecular complexity index is 422. The standard InChI is InChI=1S/C15H26N4O/c1-15(2,3)12-6-4-5-7-13(12)18-14(20)8-9-19-11-16-10-17-19/h10-13H,4-9H2,1-3H3,(H,18,20)/t12-,13+/m1/s1. The van der Waals surface area contributed by atoms with Crippen LogP contribution in [0.1, 0.15) is 52.9 Å². The minimum Gasteiger partial charge on any atom is -0.353 e. The maximum Gasteiger partial charge on any atom is 0.222 e. The van der Waals surface area contributed by atoms with Crippen LogP contribution in [0, 0.1) is 11.3 Å². The third kappa shape index (κ3) is 4.05. The fraction of sp³-hybridized carbons (Fsp3) is 0.800. The molecule has 1 aromatic heterocycles. The summed E-state index contributed by atoms with van der Waals surface area (Å²) in [6.07, 6.45) is 8.44. The smallest absolute Gasteiger partial charge is 0.222 e. The first kappa shape index (κ1) is 15.0. The van der Waals surface area contributed by atoms with Gasteiger partial charge in [-0.05, 0) is 24.2 Å². The molecule has 112 valence electrons. The Kier molecular flexibility index (Phi) is 4.78. The maximum absolute atomic E-state index is 12.1. The minimum atomic E-state index is 0.127. The fourth-order valence-electron chi connectivity index (χ4n) is 3.18. The largest absolute Gasteiger partial charge is 0.353 e. The highest BCUT2D eigenvalue weighted by atomic mass is 16.1. The molecule has 0 bridgehead atoms. The number of nitrogens with one attached hydrogen (secondary N) is 1. The second-order valence-corrected chi connectivity index (χ2v) is 6.84. The van der Waals surface area contributed by atoms with Crippen molar-refractivity contribution in [1.29, 1.82) is 0 Å². The van der Waals surface area contributed by atoms with E-state index in [2.05, 4.69) is 36.2 Å². The molecule has 1 saturated carbocycles. The van der Waals surface area contributed by atoms with Gasteiger partial charge in [-0.25, -0.2) is 4.98 Å². The van der Waals surface area contributed by atoms with E-state index in [0.29, 0.717) is 24.9 Å². The summed E-state index contributed by atoms with van der Waals surface area (Å²) in [7, 11) is 0. The Labute approximate surface area is 121 Å². The van der Waals surface area contributed by atoms with E-state index in [0.717, 1.165) is 6.42 Å². The molecule has 1 amide bonds. The lowest BCUT2D eigenvalue weighted by atomic mass is 9.69. The predicted molar refractivity (Wildman–Crippen MR) is 78.0 cm³/mol. The number of amides is 1. The molecule has 0 aromatic carbocycles. The van der Waals surface area contributed by atoms with Crippen molar-refractivity contribution in [3.63, 3.8) is 0 Å². The summed E-state index contributed by atoms with van der Waals surface area (Å²) in [5, 5.41) is 7.25. The average Bonchev–Trinajstić information content (AvgIpc) is 2.89. The molecule has 0 unspecified atom stereocenters. The van der Waals surface area contributed by atoms with Crippen LogP contribution in [0.5, 0.6) is 0 Å². The van der Waals surface area contributed by atoms with Gasteiger partial charge in [0.05, 0.1) is 6.54 Å². The number of hydrogen-bond acceptors (Lipinski definition) is 3. The molecule has 1 aliphatic rings. The molecule has 1 heterocycles. The first-order valence-corrected chi connectivity index (χ1v) is 7.58. The topological polar surface area (TPSA) is 59.8 Å². The monoisotopic (exact) mass is 278 g/mol. The number of hydrogen-bond donors (Lipinski definition) is 1. The first-order valence-electron chi connectivity index (χ1n) is 7.58. The van der Waals surface area contributed by atoms with Crippen molar-refractivity contribution in [3.05, 3.63) is 12.7 Å². The summed E-state index contributed by atoms with van der Waals surface area (Å²) < 4.78 is 1.70. The number of rotatable bonds is 4. The molecule has 2 rings (SSSR count). The minimum absolute atomic E-state index is 0.127. The number of aryl methyl sites for hydroxylation is 1. The van der Waals surface area contributed by atoms with E-state index in [1.807, 2.05) is 0 Å². The number of carbonyl (C=O) groups excluding carboxylic acids is 1. The molecule has 2 atom stereocenters. The van der Waals surface area contributed by atoms with Crippen molar-refractivity contribution in [3.8, 4) is 0 Å². The Morgan fingerprint density at radius 2 is 2.10 bits per heavy atom. The van der Waals surface area contributed by atoms with E-state index in [1.54, 1.807) is 11.0 Å². The summed E-state index contributed by atoms with van der Waals surface area (Å²) in [5.41, 5.74) is 0.254. The molecule has 1 N–H and O–H groups in total. The molecule has 5 nitrogen and oxygen atoms in total. The second-order valence-electron chi connectivity index (χ2n) is 6.84. The van der Waals surface area contributed by atoms with Gasteiger partial charge in [-0.15, -0.1) is 0 Å². The highest BCUT2D eigenvalue weighted by molar-refractivity contribution is 5.76. The zero-order chi connectivity index (χ0) is 14.6. The van der Waals surface area contributed by atoms with Crippen LogP contribution in [0.4, 0.5) is 0 Å². The Balaban J connectivity index is 1.85. The zero-order valence-corrected chi connectivity index (χ0v) is 12.8. The van der Waals surface area contributed by atoms with Crippen molar-refractivity contribution in [1.82, 2.24) is 20.1 Å². The molecular weight excluding hydrogens is 252 g/mol. The van der Waals surface area contributed by atoms with Crippen LogP contribution in [0.25, 0.3) is 0 Å². The average molecular weight is 278 g/mol.